The number of hydrogen-bond acceptors (Lipinski definition) is 6. The van der Waals surface area contributed by atoms with Crippen molar-refractivity contribution in [1.82, 2.24) is 19.9 Å². The zero-order valence-electron chi connectivity index (χ0n) is 17.0. The van der Waals surface area contributed by atoms with Gasteiger partial charge in [-0.1, -0.05) is 18.5 Å². The first-order valence-electron chi connectivity index (χ1n) is 9.84. The van der Waals surface area contributed by atoms with Crippen LogP contribution < -0.4 is 5.73 Å². The van der Waals surface area contributed by atoms with Gasteiger partial charge < -0.3 is 15.4 Å². The smallest absolute Gasteiger partial charge is 0.383 e. The number of anilines is 1. The summed E-state index contributed by atoms with van der Waals surface area (Å²) < 4.78 is 43.7. The quantitative estimate of drug-likeness (QED) is 0.601. The van der Waals surface area contributed by atoms with Crippen molar-refractivity contribution in [2.75, 3.05) is 12.3 Å². The largest absolute Gasteiger partial charge is 0.434 e. The van der Waals surface area contributed by atoms with E-state index in [1.807, 2.05) is 6.92 Å². The molecule has 2 aromatic heterocycles. The SMILES string of the molecule is CCCN(Cc1cnc(C(F)(F)F)cn1)C(=O)c1cc2c3c(c(N)nc2cc1Cl)COC3. The lowest BCUT2D eigenvalue weighted by molar-refractivity contribution is -0.141. The molecule has 1 aliphatic rings. The van der Waals surface area contributed by atoms with Crippen molar-refractivity contribution in [3.05, 3.63) is 57.6 Å². The Morgan fingerprint density at radius 1 is 1.22 bits per heavy atom. The summed E-state index contributed by atoms with van der Waals surface area (Å²) in [6, 6.07) is 3.25. The summed E-state index contributed by atoms with van der Waals surface area (Å²) in [6.07, 6.45) is -2.26. The Labute approximate surface area is 186 Å². The summed E-state index contributed by atoms with van der Waals surface area (Å²) in [4.78, 5) is 26.4. The van der Waals surface area contributed by atoms with Gasteiger partial charge in [0.1, 0.15) is 5.82 Å². The number of carbonyl (C=O) groups is 1. The van der Waals surface area contributed by atoms with E-state index in [-0.39, 0.29) is 28.7 Å². The molecular formula is C21H19ClF3N5O2. The molecule has 0 fully saturated rings. The number of fused-ring (bicyclic) bond motifs is 3. The average Bonchev–Trinajstić information content (AvgIpc) is 3.23. The number of hydrogen-bond donors (Lipinski definition) is 1. The Bertz CT molecular complexity index is 1180. The Hall–Kier alpha value is -2.98. The standard InChI is InChI=1S/C21H19ClF3N5O2/c1-2-3-30(8-11-6-28-18(7-27-11)21(23,24)25)20(31)13-4-12-14-9-32-10-15(14)19(26)29-17(12)5-16(13)22/h4-7H,2-3,8-10H2,1H3,(H2,26,29). The molecule has 32 heavy (non-hydrogen) atoms. The second kappa shape index (κ2) is 8.51. The van der Waals surface area contributed by atoms with Crippen LogP contribution in [0.3, 0.4) is 0 Å². The lowest BCUT2D eigenvalue weighted by Crippen LogP contribution is -2.32. The maximum Gasteiger partial charge on any atom is 0.434 e. The van der Waals surface area contributed by atoms with Crippen molar-refractivity contribution >= 4 is 34.2 Å². The number of pyridine rings is 1. The fraction of sp³-hybridized carbons (Fsp3) is 0.333. The molecule has 2 N–H and O–H groups in total. The number of halogens is 4. The van der Waals surface area contributed by atoms with Crippen LogP contribution in [0.1, 0.15) is 46.2 Å². The van der Waals surface area contributed by atoms with E-state index in [4.69, 9.17) is 22.1 Å². The molecule has 1 aliphatic heterocycles. The van der Waals surface area contributed by atoms with Gasteiger partial charge in [-0.15, -0.1) is 0 Å². The third-order valence-electron chi connectivity index (χ3n) is 5.18. The highest BCUT2D eigenvalue weighted by molar-refractivity contribution is 6.34. The predicted octanol–water partition coefficient (Wildman–Crippen LogP) is 4.36. The number of rotatable bonds is 5. The van der Waals surface area contributed by atoms with Gasteiger partial charge in [-0.3, -0.25) is 9.78 Å². The number of aromatic nitrogens is 3. The van der Waals surface area contributed by atoms with E-state index < -0.39 is 11.9 Å². The molecule has 0 saturated heterocycles. The fourth-order valence-corrected chi connectivity index (χ4v) is 3.87. The van der Waals surface area contributed by atoms with Crippen molar-refractivity contribution in [3.63, 3.8) is 0 Å². The van der Waals surface area contributed by atoms with Crippen molar-refractivity contribution in [2.45, 2.75) is 39.3 Å². The summed E-state index contributed by atoms with van der Waals surface area (Å²) in [5, 5.41) is 0.929. The molecule has 4 rings (SSSR count). The van der Waals surface area contributed by atoms with Crippen LogP contribution in [0.5, 0.6) is 0 Å². The Balaban J connectivity index is 1.67. The third-order valence-corrected chi connectivity index (χ3v) is 5.49. The average molecular weight is 466 g/mol. The van der Waals surface area contributed by atoms with E-state index in [1.54, 1.807) is 12.1 Å². The van der Waals surface area contributed by atoms with E-state index in [9.17, 15) is 18.0 Å². The number of carbonyl (C=O) groups excluding carboxylic acids is 1. The van der Waals surface area contributed by atoms with Crippen LogP contribution in [-0.2, 0) is 30.7 Å². The van der Waals surface area contributed by atoms with Gasteiger partial charge in [-0.05, 0) is 24.1 Å². The number of alkyl halides is 3. The van der Waals surface area contributed by atoms with Gasteiger partial charge in [-0.25, -0.2) is 9.97 Å². The Morgan fingerprint density at radius 3 is 2.62 bits per heavy atom. The van der Waals surface area contributed by atoms with Crippen molar-refractivity contribution in [1.29, 1.82) is 0 Å². The van der Waals surface area contributed by atoms with E-state index in [2.05, 4.69) is 15.0 Å². The Kier molecular flexibility index (Phi) is 5.91. The number of amides is 1. The van der Waals surface area contributed by atoms with Crippen LogP contribution in [0.2, 0.25) is 5.02 Å². The molecule has 168 valence electrons. The summed E-state index contributed by atoms with van der Waals surface area (Å²) in [5.74, 6) is -0.00132. The van der Waals surface area contributed by atoms with E-state index in [1.165, 1.54) is 4.90 Å². The molecule has 0 radical (unpaired) electrons. The van der Waals surface area contributed by atoms with E-state index in [0.29, 0.717) is 43.7 Å². The molecule has 11 heteroatoms. The zero-order valence-corrected chi connectivity index (χ0v) is 17.8. The van der Waals surface area contributed by atoms with Crippen LogP contribution >= 0.6 is 11.6 Å². The Morgan fingerprint density at radius 2 is 1.97 bits per heavy atom. The minimum atomic E-state index is -4.58. The normalized spacial score (nSPS) is 13.4. The molecule has 0 bridgehead atoms. The van der Waals surface area contributed by atoms with Crippen molar-refractivity contribution in [2.24, 2.45) is 0 Å². The van der Waals surface area contributed by atoms with Crippen LogP contribution in [0.4, 0.5) is 19.0 Å². The molecule has 3 aromatic rings. The van der Waals surface area contributed by atoms with Crippen LogP contribution in [0.15, 0.2) is 24.5 Å². The first-order chi connectivity index (χ1) is 15.2. The van der Waals surface area contributed by atoms with Gasteiger partial charge in [0.25, 0.3) is 5.91 Å². The highest BCUT2D eigenvalue weighted by Gasteiger charge is 2.33. The van der Waals surface area contributed by atoms with E-state index >= 15 is 0 Å². The minimum Gasteiger partial charge on any atom is -0.383 e. The van der Waals surface area contributed by atoms with E-state index in [0.717, 1.165) is 22.7 Å². The van der Waals surface area contributed by atoms with Crippen LogP contribution in [0, 0.1) is 0 Å². The second-order valence-corrected chi connectivity index (χ2v) is 7.82. The maximum atomic E-state index is 13.3. The van der Waals surface area contributed by atoms with Crippen LogP contribution in [-0.4, -0.2) is 32.3 Å². The highest BCUT2D eigenvalue weighted by Crippen LogP contribution is 2.34. The molecule has 0 atom stereocenters. The molecular weight excluding hydrogens is 447 g/mol. The van der Waals surface area contributed by atoms with Gasteiger partial charge in [0, 0.05) is 17.5 Å². The molecule has 1 aromatic carbocycles. The topological polar surface area (TPSA) is 94.2 Å². The molecule has 7 nitrogen and oxygen atoms in total. The lowest BCUT2D eigenvalue weighted by atomic mass is 10.0. The second-order valence-electron chi connectivity index (χ2n) is 7.41. The molecule has 0 saturated carbocycles. The molecule has 3 heterocycles. The maximum absolute atomic E-state index is 13.3. The summed E-state index contributed by atoms with van der Waals surface area (Å²) in [5.41, 5.74) is 7.63. The van der Waals surface area contributed by atoms with Crippen molar-refractivity contribution in [3.8, 4) is 0 Å². The molecule has 0 spiro atoms. The van der Waals surface area contributed by atoms with Crippen LogP contribution in [0.25, 0.3) is 10.9 Å². The van der Waals surface area contributed by atoms with Gasteiger partial charge >= 0.3 is 6.18 Å². The monoisotopic (exact) mass is 465 g/mol. The van der Waals surface area contributed by atoms with Gasteiger partial charge in [-0.2, -0.15) is 13.2 Å². The highest BCUT2D eigenvalue weighted by atomic mass is 35.5. The van der Waals surface area contributed by atoms with Crippen molar-refractivity contribution < 1.29 is 22.7 Å². The zero-order chi connectivity index (χ0) is 23.0. The number of nitrogens with two attached hydrogens (primary N) is 1. The predicted molar refractivity (Wildman–Crippen MR) is 112 cm³/mol. The number of ether oxygens (including phenoxy) is 1. The number of nitrogen functional groups attached to an aromatic ring is 1. The summed E-state index contributed by atoms with van der Waals surface area (Å²) >= 11 is 6.41. The number of nitrogens with zero attached hydrogens (tertiary/aromatic N) is 4. The van der Waals surface area contributed by atoms with Gasteiger partial charge in [0.2, 0.25) is 0 Å². The first-order valence-corrected chi connectivity index (χ1v) is 10.2. The molecule has 1 amide bonds. The summed E-state index contributed by atoms with van der Waals surface area (Å²) in [7, 11) is 0. The molecule has 0 unspecified atom stereocenters. The van der Waals surface area contributed by atoms with Gasteiger partial charge in [0.05, 0.1) is 53.9 Å². The fourth-order valence-electron chi connectivity index (χ4n) is 3.63. The minimum absolute atomic E-state index is 0.00656. The van der Waals surface area contributed by atoms with Gasteiger partial charge in [0.15, 0.2) is 5.69 Å². The summed E-state index contributed by atoms with van der Waals surface area (Å²) in [6.45, 7) is 2.94. The third kappa shape index (κ3) is 4.20. The number of benzene rings is 1. The first kappa shape index (κ1) is 22.2. The molecule has 0 aliphatic carbocycles. The lowest BCUT2D eigenvalue weighted by Gasteiger charge is -2.23.